The van der Waals surface area contributed by atoms with E-state index in [2.05, 4.69) is 15.1 Å². The fourth-order valence-electron chi connectivity index (χ4n) is 1.15. The monoisotopic (exact) mass is 263 g/mol. The van der Waals surface area contributed by atoms with Crippen LogP contribution in [0.15, 0.2) is 6.20 Å². The quantitative estimate of drug-likeness (QED) is 0.397. The van der Waals surface area contributed by atoms with Crippen LogP contribution in [0.1, 0.15) is 0 Å². The predicted molar refractivity (Wildman–Crippen MR) is 61.2 cm³/mol. The van der Waals surface area contributed by atoms with Gasteiger partial charge in [0.25, 0.3) is 0 Å². The van der Waals surface area contributed by atoms with Crippen molar-refractivity contribution in [1.29, 1.82) is 0 Å². The van der Waals surface area contributed by atoms with Gasteiger partial charge in [0.1, 0.15) is 6.20 Å². The van der Waals surface area contributed by atoms with Crippen molar-refractivity contribution in [2.24, 2.45) is 7.05 Å². The lowest BCUT2D eigenvalue weighted by Gasteiger charge is -2.03. The first-order valence-electron chi connectivity index (χ1n) is 4.66. The van der Waals surface area contributed by atoms with Crippen LogP contribution < -0.4 is 10.0 Å². The SMILES string of the molecule is Cn1cc([N+](=O)[O-])c(NCCNS(C)(=O)=O)n1. The zero-order valence-electron chi connectivity index (χ0n) is 9.37. The molecule has 1 rings (SSSR count). The van der Waals surface area contributed by atoms with Crippen LogP contribution in [-0.2, 0) is 17.1 Å². The van der Waals surface area contributed by atoms with Crippen molar-refractivity contribution in [2.45, 2.75) is 0 Å². The number of nitrogens with one attached hydrogen (secondary N) is 2. The zero-order chi connectivity index (χ0) is 13.1. The van der Waals surface area contributed by atoms with Gasteiger partial charge in [0, 0.05) is 20.1 Å². The van der Waals surface area contributed by atoms with Gasteiger partial charge in [0.2, 0.25) is 15.8 Å². The molecular weight excluding hydrogens is 250 g/mol. The molecule has 2 N–H and O–H groups in total. The second kappa shape index (κ2) is 5.10. The largest absolute Gasteiger partial charge is 0.362 e. The molecule has 17 heavy (non-hydrogen) atoms. The van der Waals surface area contributed by atoms with Gasteiger partial charge in [-0.3, -0.25) is 14.8 Å². The summed E-state index contributed by atoms with van der Waals surface area (Å²) < 4.78 is 25.1. The van der Waals surface area contributed by atoms with Gasteiger partial charge in [0.05, 0.1) is 11.2 Å². The number of aryl methyl sites for hydroxylation is 1. The van der Waals surface area contributed by atoms with Crippen molar-refractivity contribution in [2.75, 3.05) is 24.7 Å². The first kappa shape index (κ1) is 13.4. The summed E-state index contributed by atoms with van der Waals surface area (Å²) in [6.45, 7) is 0.345. The Morgan fingerprint density at radius 1 is 1.53 bits per heavy atom. The normalized spacial score (nSPS) is 11.4. The van der Waals surface area contributed by atoms with E-state index in [0.717, 1.165) is 6.26 Å². The van der Waals surface area contributed by atoms with Gasteiger partial charge in [-0.15, -0.1) is 5.10 Å². The standard InChI is InChI=1S/C7H13N5O4S/c1-11-5-6(12(13)14)7(10-11)8-3-4-9-17(2,15)16/h5,9H,3-4H2,1-2H3,(H,8,10). The van der Waals surface area contributed by atoms with E-state index < -0.39 is 14.9 Å². The molecule has 9 nitrogen and oxygen atoms in total. The van der Waals surface area contributed by atoms with E-state index in [9.17, 15) is 18.5 Å². The predicted octanol–water partition coefficient (Wildman–Crippen LogP) is -0.711. The van der Waals surface area contributed by atoms with E-state index in [1.807, 2.05) is 0 Å². The van der Waals surface area contributed by atoms with Gasteiger partial charge in [-0.1, -0.05) is 0 Å². The third-order valence-corrected chi connectivity index (χ3v) is 2.52. The summed E-state index contributed by atoms with van der Waals surface area (Å²) in [5, 5.41) is 17.2. The Kier molecular flexibility index (Phi) is 4.02. The fraction of sp³-hybridized carbons (Fsp3) is 0.571. The van der Waals surface area contributed by atoms with E-state index in [-0.39, 0.29) is 24.6 Å². The number of sulfonamides is 1. The van der Waals surface area contributed by atoms with Gasteiger partial charge in [0.15, 0.2) is 0 Å². The maximum absolute atomic E-state index is 10.8. The molecule has 0 radical (unpaired) electrons. The van der Waals surface area contributed by atoms with Crippen LogP contribution in [0.25, 0.3) is 0 Å². The molecule has 1 aromatic heterocycles. The summed E-state index contributed by atoms with van der Waals surface area (Å²) in [5.74, 6) is 0.118. The molecule has 0 aromatic carbocycles. The molecule has 1 heterocycles. The molecule has 0 atom stereocenters. The van der Waals surface area contributed by atoms with Crippen LogP contribution in [0.5, 0.6) is 0 Å². The van der Waals surface area contributed by atoms with E-state index in [4.69, 9.17) is 0 Å². The second-order valence-electron chi connectivity index (χ2n) is 3.39. The first-order chi connectivity index (χ1) is 7.79. The Hall–Kier alpha value is -1.68. The Bertz CT molecular complexity index is 508. The number of hydrogen-bond acceptors (Lipinski definition) is 6. The van der Waals surface area contributed by atoms with Crippen molar-refractivity contribution in [3.05, 3.63) is 16.3 Å². The lowest BCUT2D eigenvalue weighted by atomic mass is 10.5. The minimum atomic E-state index is -3.25. The Morgan fingerprint density at radius 2 is 2.18 bits per heavy atom. The van der Waals surface area contributed by atoms with Crippen LogP contribution in [0.3, 0.4) is 0 Å². The third-order valence-electron chi connectivity index (χ3n) is 1.79. The average molecular weight is 263 g/mol. The smallest absolute Gasteiger partial charge is 0.330 e. The number of nitrogens with zero attached hydrogens (tertiary/aromatic N) is 3. The van der Waals surface area contributed by atoms with Gasteiger partial charge < -0.3 is 5.32 Å². The molecule has 0 amide bonds. The van der Waals surface area contributed by atoms with Crippen molar-refractivity contribution >= 4 is 21.5 Å². The molecule has 0 unspecified atom stereocenters. The number of nitro groups is 1. The maximum atomic E-state index is 10.8. The van der Waals surface area contributed by atoms with Gasteiger partial charge >= 0.3 is 5.69 Å². The molecule has 10 heteroatoms. The molecule has 0 spiro atoms. The summed E-state index contributed by atoms with van der Waals surface area (Å²) in [6, 6.07) is 0. The van der Waals surface area contributed by atoms with Crippen LogP contribution in [0.2, 0.25) is 0 Å². The van der Waals surface area contributed by atoms with Crippen LogP contribution in [-0.4, -0.2) is 42.5 Å². The number of aromatic nitrogens is 2. The lowest BCUT2D eigenvalue weighted by Crippen LogP contribution is -2.27. The molecule has 0 bridgehead atoms. The molecule has 0 aliphatic rings. The zero-order valence-corrected chi connectivity index (χ0v) is 10.2. The van der Waals surface area contributed by atoms with Gasteiger partial charge in [-0.2, -0.15) is 0 Å². The number of anilines is 1. The second-order valence-corrected chi connectivity index (χ2v) is 5.22. The van der Waals surface area contributed by atoms with Crippen LogP contribution in [0.4, 0.5) is 11.5 Å². The summed E-state index contributed by atoms with van der Waals surface area (Å²) in [7, 11) is -1.69. The maximum Gasteiger partial charge on any atom is 0.330 e. The Labute approximate surface area is 98.0 Å². The van der Waals surface area contributed by atoms with E-state index >= 15 is 0 Å². The summed E-state index contributed by atoms with van der Waals surface area (Å²) in [4.78, 5) is 10.1. The van der Waals surface area contributed by atoms with E-state index in [1.54, 1.807) is 7.05 Å². The lowest BCUT2D eigenvalue weighted by molar-refractivity contribution is -0.384. The highest BCUT2D eigenvalue weighted by molar-refractivity contribution is 7.88. The Morgan fingerprint density at radius 3 is 2.71 bits per heavy atom. The van der Waals surface area contributed by atoms with Crippen molar-refractivity contribution in [3.63, 3.8) is 0 Å². The summed E-state index contributed by atoms with van der Waals surface area (Å²) >= 11 is 0. The van der Waals surface area contributed by atoms with Crippen molar-refractivity contribution < 1.29 is 13.3 Å². The minimum absolute atomic E-state index is 0.118. The van der Waals surface area contributed by atoms with E-state index in [0.29, 0.717) is 0 Å². The molecule has 96 valence electrons. The molecular formula is C7H13N5O4S. The first-order valence-corrected chi connectivity index (χ1v) is 6.55. The van der Waals surface area contributed by atoms with Gasteiger partial charge in [-0.25, -0.2) is 13.1 Å². The van der Waals surface area contributed by atoms with Crippen LogP contribution >= 0.6 is 0 Å². The van der Waals surface area contributed by atoms with Crippen molar-refractivity contribution in [3.8, 4) is 0 Å². The summed E-state index contributed by atoms with van der Waals surface area (Å²) in [5.41, 5.74) is -0.146. The van der Waals surface area contributed by atoms with E-state index in [1.165, 1.54) is 10.9 Å². The average Bonchev–Trinajstić information content (AvgIpc) is 2.53. The van der Waals surface area contributed by atoms with Gasteiger partial charge in [-0.05, 0) is 0 Å². The van der Waals surface area contributed by atoms with Crippen molar-refractivity contribution in [1.82, 2.24) is 14.5 Å². The highest BCUT2D eigenvalue weighted by atomic mass is 32.2. The third kappa shape index (κ3) is 4.36. The molecule has 0 saturated heterocycles. The summed E-state index contributed by atoms with van der Waals surface area (Å²) in [6.07, 6.45) is 2.31. The topological polar surface area (TPSA) is 119 Å². The Balaban J connectivity index is 2.55. The highest BCUT2D eigenvalue weighted by Crippen LogP contribution is 2.20. The number of rotatable bonds is 6. The molecule has 1 aromatic rings. The van der Waals surface area contributed by atoms with Crippen LogP contribution in [0, 0.1) is 10.1 Å². The highest BCUT2D eigenvalue weighted by Gasteiger charge is 2.17. The molecule has 0 aliphatic heterocycles. The number of hydrogen-bond donors (Lipinski definition) is 2. The molecule has 0 fully saturated rings. The molecule has 0 aliphatic carbocycles. The fourth-order valence-corrected chi connectivity index (χ4v) is 1.63. The molecule has 0 saturated carbocycles. The minimum Gasteiger partial charge on any atom is -0.362 e.